The molecule has 1 aliphatic heterocycles. The summed E-state index contributed by atoms with van der Waals surface area (Å²) < 4.78 is 5.07. The van der Waals surface area contributed by atoms with Crippen LogP contribution < -0.4 is 0 Å². The van der Waals surface area contributed by atoms with E-state index in [1.165, 1.54) is 6.42 Å². The van der Waals surface area contributed by atoms with Crippen LogP contribution in [0.15, 0.2) is 0 Å². The van der Waals surface area contributed by atoms with E-state index in [1.54, 1.807) is 7.11 Å². The van der Waals surface area contributed by atoms with Crippen molar-refractivity contribution in [3.63, 3.8) is 0 Å². The molecule has 1 heterocycles. The Hall–Kier alpha value is -0.520. The Labute approximate surface area is 68.5 Å². The lowest BCUT2D eigenvalue weighted by molar-refractivity contribution is 0.154. The normalized spacial score (nSPS) is 25.3. The summed E-state index contributed by atoms with van der Waals surface area (Å²) in [7, 11) is 1.75. The summed E-state index contributed by atoms with van der Waals surface area (Å²) >= 11 is 0. The van der Waals surface area contributed by atoms with E-state index in [1.807, 2.05) is 0 Å². The molecule has 1 aliphatic rings. The molecule has 0 aliphatic carbocycles. The number of methoxy groups -OCH3 is 1. The minimum atomic E-state index is 0.702. The Morgan fingerprint density at radius 1 is 1.73 bits per heavy atom. The number of nitrogens with zero attached hydrogens (tertiary/aromatic N) is 1. The van der Waals surface area contributed by atoms with Crippen LogP contribution in [0.2, 0.25) is 0 Å². The zero-order valence-corrected chi connectivity index (χ0v) is 7.05. The first kappa shape index (κ1) is 8.58. The van der Waals surface area contributed by atoms with Crippen molar-refractivity contribution in [2.45, 2.75) is 6.42 Å². The molecule has 0 bridgehead atoms. The largest absolute Gasteiger partial charge is 0.384 e. The molecule has 62 valence electrons. The highest BCUT2D eigenvalue weighted by atomic mass is 16.5. The fraction of sp³-hybridized carbons (Fsp3) is 0.778. The second-order valence-electron chi connectivity index (χ2n) is 3.05. The Morgan fingerprint density at radius 2 is 2.55 bits per heavy atom. The number of likely N-dealkylation sites (tertiary alicyclic amines) is 1. The highest BCUT2D eigenvalue weighted by Gasteiger charge is 2.20. The molecule has 1 fully saturated rings. The molecule has 0 aromatic carbocycles. The monoisotopic (exact) mass is 153 g/mol. The molecular weight excluding hydrogens is 138 g/mol. The Bertz CT molecular complexity index is 150. The molecule has 1 rings (SSSR count). The first-order valence-electron chi connectivity index (χ1n) is 4.01. The number of rotatable bonds is 3. The predicted octanol–water partition coefficient (Wildman–Crippen LogP) is 0.588. The molecular formula is C9H15NO. The lowest BCUT2D eigenvalue weighted by Gasteiger charge is -2.11. The lowest BCUT2D eigenvalue weighted by atomic mass is 10.1. The maximum Gasteiger partial charge on any atom is 0.0599 e. The van der Waals surface area contributed by atoms with E-state index in [9.17, 15) is 0 Å². The third kappa shape index (κ3) is 2.53. The maximum atomic E-state index is 5.20. The molecule has 1 saturated heterocycles. The van der Waals surface area contributed by atoms with Gasteiger partial charge in [0.1, 0.15) is 0 Å². The molecule has 0 N–H and O–H groups in total. The van der Waals surface area contributed by atoms with Crippen molar-refractivity contribution >= 4 is 0 Å². The summed E-state index contributed by atoms with van der Waals surface area (Å²) in [6.45, 7) is 3.91. The third-order valence-electron chi connectivity index (χ3n) is 2.09. The summed E-state index contributed by atoms with van der Waals surface area (Å²) in [6, 6.07) is 0. The smallest absolute Gasteiger partial charge is 0.0599 e. The van der Waals surface area contributed by atoms with Gasteiger partial charge in [-0.05, 0) is 18.9 Å². The van der Waals surface area contributed by atoms with Crippen LogP contribution in [0.3, 0.4) is 0 Å². The van der Waals surface area contributed by atoms with Crippen molar-refractivity contribution in [1.29, 1.82) is 0 Å². The SMILES string of the molecule is C#CCN1CCC(COC)C1. The maximum absolute atomic E-state index is 5.20. The van der Waals surface area contributed by atoms with E-state index in [0.717, 1.165) is 26.2 Å². The number of ether oxygens (including phenoxy) is 1. The van der Waals surface area contributed by atoms with Crippen molar-refractivity contribution in [1.82, 2.24) is 4.90 Å². The first-order chi connectivity index (χ1) is 5.36. The zero-order chi connectivity index (χ0) is 8.10. The van der Waals surface area contributed by atoms with Crippen LogP contribution in [-0.2, 0) is 4.74 Å². The number of hydrogen-bond acceptors (Lipinski definition) is 2. The van der Waals surface area contributed by atoms with E-state index in [2.05, 4.69) is 10.8 Å². The summed E-state index contributed by atoms with van der Waals surface area (Å²) in [5.41, 5.74) is 0. The van der Waals surface area contributed by atoms with Gasteiger partial charge in [-0.3, -0.25) is 4.90 Å². The van der Waals surface area contributed by atoms with E-state index < -0.39 is 0 Å². The second-order valence-corrected chi connectivity index (χ2v) is 3.05. The van der Waals surface area contributed by atoms with Crippen LogP contribution in [0.1, 0.15) is 6.42 Å². The third-order valence-corrected chi connectivity index (χ3v) is 2.09. The lowest BCUT2D eigenvalue weighted by Crippen LogP contribution is -2.21. The first-order valence-corrected chi connectivity index (χ1v) is 4.01. The van der Waals surface area contributed by atoms with Gasteiger partial charge in [0.05, 0.1) is 13.2 Å². The fourth-order valence-corrected chi connectivity index (χ4v) is 1.56. The molecule has 11 heavy (non-hydrogen) atoms. The molecule has 0 amide bonds. The van der Waals surface area contributed by atoms with Gasteiger partial charge in [-0.2, -0.15) is 0 Å². The molecule has 1 unspecified atom stereocenters. The Morgan fingerprint density at radius 3 is 3.18 bits per heavy atom. The topological polar surface area (TPSA) is 12.5 Å². The minimum absolute atomic E-state index is 0.702. The molecule has 2 nitrogen and oxygen atoms in total. The number of terminal acetylenes is 1. The molecule has 2 heteroatoms. The van der Waals surface area contributed by atoms with Crippen molar-refractivity contribution < 1.29 is 4.74 Å². The molecule has 0 aromatic heterocycles. The fourth-order valence-electron chi connectivity index (χ4n) is 1.56. The van der Waals surface area contributed by atoms with Crippen molar-refractivity contribution in [3.8, 4) is 12.3 Å². The van der Waals surface area contributed by atoms with Crippen molar-refractivity contribution in [2.24, 2.45) is 5.92 Å². The van der Waals surface area contributed by atoms with Crippen molar-refractivity contribution in [2.75, 3.05) is 33.4 Å². The van der Waals surface area contributed by atoms with E-state index in [4.69, 9.17) is 11.2 Å². The van der Waals surface area contributed by atoms with Crippen molar-refractivity contribution in [3.05, 3.63) is 0 Å². The van der Waals surface area contributed by atoms with E-state index >= 15 is 0 Å². The summed E-state index contributed by atoms with van der Waals surface area (Å²) in [4.78, 5) is 2.30. The summed E-state index contributed by atoms with van der Waals surface area (Å²) in [5.74, 6) is 3.36. The zero-order valence-electron chi connectivity index (χ0n) is 7.05. The standard InChI is InChI=1S/C9H15NO/c1-3-5-10-6-4-9(7-10)8-11-2/h1,9H,4-8H2,2H3. The number of hydrogen-bond donors (Lipinski definition) is 0. The van der Waals surface area contributed by atoms with Crippen LogP contribution in [0.5, 0.6) is 0 Å². The van der Waals surface area contributed by atoms with Gasteiger partial charge >= 0.3 is 0 Å². The molecule has 0 saturated carbocycles. The highest BCUT2D eigenvalue weighted by Crippen LogP contribution is 2.15. The van der Waals surface area contributed by atoms with Crippen LogP contribution >= 0.6 is 0 Å². The summed E-state index contributed by atoms with van der Waals surface area (Å²) in [6.07, 6.45) is 6.44. The quantitative estimate of drug-likeness (QED) is 0.550. The van der Waals surface area contributed by atoms with Gasteiger partial charge in [0.25, 0.3) is 0 Å². The van der Waals surface area contributed by atoms with Crippen LogP contribution in [0.4, 0.5) is 0 Å². The molecule has 1 atom stereocenters. The van der Waals surface area contributed by atoms with Gasteiger partial charge < -0.3 is 4.74 Å². The summed E-state index contributed by atoms with van der Waals surface area (Å²) in [5, 5.41) is 0. The van der Waals surface area contributed by atoms with Gasteiger partial charge in [-0.15, -0.1) is 6.42 Å². The van der Waals surface area contributed by atoms with E-state index in [0.29, 0.717) is 5.92 Å². The Kier molecular flexibility index (Phi) is 3.41. The molecule has 0 spiro atoms. The second kappa shape index (κ2) is 4.38. The van der Waals surface area contributed by atoms with Gasteiger partial charge in [0.2, 0.25) is 0 Å². The van der Waals surface area contributed by atoms with Gasteiger partial charge in [-0.1, -0.05) is 5.92 Å². The van der Waals surface area contributed by atoms with Gasteiger partial charge in [0, 0.05) is 13.7 Å². The highest BCUT2D eigenvalue weighted by molar-refractivity contribution is 4.90. The predicted molar refractivity (Wildman–Crippen MR) is 45.3 cm³/mol. The van der Waals surface area contributed by atoms with E-state index in [-0.39, 0.29) is 0 Å². The molecule has 0 radical (unpaired) electrons. The molecule has 0 aromatic rings. The average molecular weight is 153 g/mol. The average Bonchev–Trinajstić information content (AvgIpc) is 2.38. The van der Waals surface area contributed by atoms with Crippen LogP contribution in [0, 0.1) is 18.3 Å². The van der Waals surface area contributed by atoms with Gasteiger partial charge in [0.15, 0.2) is 0 Å². The van der Waals surface area contributed by atoms with Crippen LogP contribution in [-0.4, -0.2) is 38.3 Å². The van der Waals surface area contributed by atoms with Gasteiger partial charge in [-0.25, -0.2) is 0 Å². The van der Waals surface area contributed by atoms with Crippen LogP contribution in [0.25, 0.3) is 0 Å². The Balaban J connectivity index is 2.19. The minimum Gasteiger partial charge on any atom is -0.384 e.